The highest BCUT2D eigenvalue weighted by molar-refractivity contribution is 7.10. The summed E-state index contributed by atoms with van der Waals surface area (Å²) in [6, 6.07) is 8.22. The van der Waals surface area contributed by atoms with Crippen molar-refractivity contribution >= 4 is 33.6 Å². The number of rotatable bonds is 4. The number of fused-ring (bicyclic) bond motifs is 1. The van der Waals surface area contributed by atoms with Gasteiger partial charge in [0.15, 0.2) is 0 Å². The first-order chi connectivity index (χ1) is 9.56. The standard InChI is InChI=1S/C15H18N4S/c1-15(2,14-4-3-5-20-14)9-17-13-7-12-10(6-11(13)16)8-18-19-12/h3-8,17H,9,16H2,1-2H3,(H,18,19). The normalized spacial score (nSPS) is 11.9. The van der Waals surface area contributed by atoms with Gasteiger partial charge in [0, 0.05) is 22.2 Å². The fourth-order valence-electron chi connectivity index (χ4n) is 2.23. The van der Waals surface area contributed by atoms with Gasteiger partial charge in [0.25, 0.3) is 0 Å². The van der Waals surface area contributed by atoms with E-state index in [2.05, 4.69) is 46.9 Å². The van der Waals surface area contributed by atoms with Gasteiger partial charge < -0.3 is 11.1 Å². The Labute approximate surface area is 122 Å². The van der Waals surface area contributed by atoms with Crippen LogP contribution in [0.15, 0.2) is 35.8 Å². The lowest BCUT2D eigenvalue weighted by Gasteiger charge is -2.24. The van der Waals surface area contributed by atoms with E-state index in [9.17, 15) is 0 Å². The van der Waals surface area contributed by atoms with Crippen LogP contribution in [0.25, 0.3) is 10.9 Å². The third kappa shape index (κ3) is 2.36. The van der Waals surface area contributed by atoms with Crippen LogP contribution in [0.5, 0.6) is 0 Å². The molecule has 2 aromatic heterocycles. The second kappa shape index (κ2) is 4.83. The van der Waals surface area contributed by atoms with Gasteiger partial charge in [-0.25, -0.2) is 0 Å². The van der Waals surface area contributed by atoms with Gasteiger partial charge in [-0.05, 0) is 23.6 Å². The topological polar surface area (TPSA) is 66.7 Å². The van der Waals surface area contributed by atoms with E-state index >= 15 is 0 Å². The molecule has 0 atom stereocenters. The number of anilines is 2. The van der Waals surface area contributed by atoms with Crippen molar-refractivity contribution in [1.29, 1.82) is 0 Å². The average molecular weight is 286 g/mol. The highest BCUT2D eigenvalue weighted by Gasteiger charge is 2.21. The van der Waals surface area contributed by atoms with Crippen molar-refractivity contribution in [2.75, 3.05) is 17.6 Å². The molecule has 0 spiro atoms. The van der Waals surface area contributed by atoms with E-state index in [1.807, 2.05) is 12.1 Å². The van der Waals surface area contributed by atoms with Crippen LogP contribution < -0.4 is 11.1 Å². The second-order valence-corrected chi connectivity index (χ2v) is 6.56. The average Bonchev–Trinajstić information content (AvgIpc) is 3.07. The van der Waals surface area contributed by atoms with Crippen LogP contribution in [-0.4, -0.2) is 16.7 Å². The molecule has 0 saturated heterocycles. The highest BCUT2D eigenvalue weighted by Crippen LogP contribution is 2.30. The zero-order chi connectivity index (χ0) is 14.2. The minimum Gasteiger partial charge on any atom is -0.397 e. The lowest BCUT2D eigenvalue weighted by Crippen LogP contribution is -2.26. The van der Waals surface area contributed by atoms with Crippen molar-refractivity contribution in [3.8, 4) is 0 Å². The molecule has 0 radical (unpaired) electrons. The molecule has 3 rings (SSSR count). The van der Waals surface area contributed by atoms with Gasteiger partial charge in [0.2, 0.25) is 0 Å². The Morgan fingerprint density at radius 1 is 1.40 bits per heavy atom. The number of H-pyrrole nitrogens is 1. The number of nitrogens with one attached hydrogen (secondary N) is 2. The quantitative estimate of drug-likeness (QED) is 0.642. The molecule has 0 aliphatic heterocycles. The van der Waals surface area contributed by atoms with Crippen LogP contribution in [0, 0.1) is 0 Å². The molecule has 0 saturated carbocycles. The summed E-state index contributed by atoms with van der Waals surface area (Å²) in [5.74, 6) is 0. The van der Waals surface area contributed by atoms with E-state index in [1.54, 1.807) is 17.5 Å². The zero-order valence-electron chi connectivity index (χ0n) is 11.6. The summed E-state index contributed by atoms with van der Waals surface area (Å²) < 4.78 is 0. The molecule has 20 heavy (non-hydrogen) atoms. The number of nitrogens with two attached hydrogens (primary N) is 1. The van der Waals surface area contributed by atoms with Gasteiger partial charge in [-0.2, -0.15) is 5.10 Å². The first-order valence-corrected chi connectivity index (χ1v) is 7.45. The Hall–Kier alpha value is -2.01. The van der Waals surface area contributed by atoms with Crippen molar-refractivity contribution in [2.45, 2.75) is 19.3 Å². The highest BCUT2D eigenvalue weighted by atomic mass is 32.1. The molecule has 0 fully saturated rings. The van der Waals surface area contributed by atoms with Gasteiger partial charge in [0.1, 0.15) is 0 Å². The van der Waals surface area contributed by atoms with Crippen LogP contribution in [0.4, 0.5) is 11.4 Å². The molecule has 3 aromatic rings. The summed E-state index contributed by atoms with van der Waals surface area (Å²) in [5, 5.41) is 13.6. The molecule has 2 heterocycles. The fraction of sp³-hybridized carbons (Fsp3) is 0.267. The van der Waals surface area contributed by atoms with Crippen molar-refractivity contribution in [2.24, 2.45) is 0 Å². The summed E-state index contributed by atoms with van der Waals surface area (Å²) in [6.45, 7) is 5.30. The van der Waals surface area contributed by atoms with Gasteiger partial charge in [-0.3, -0.25) is 5.10 Å². The maximum atomic E-state index is 6.09. The zero-order valence-corrected chi connectivity index (χ0v) is 12.4. The third-order valence-electron chi connectivity index (χ3n) is 3.52. The van der Waals surface area contributed by atoms with E-state index in [1.165, 1.54) is 4.88 Å². The Kier molecular flexibility index (Phi) is 3.14. The minimum absolute atomic E-state index is 0.0730. The summed E-state index contributed by atoms with van der Waals surface area (Å²) in [7, 11) is 0. The maximum absolute atomic E-state index is 6.09. The molecule has 1 aromatic carbocycles. The number of nitrogens with zero attached hydrogens (tertiary/aromatic N) is 1. The predicted molar refractivity (Wildman–Crippen MR) is 86.3 cm³/mol. The van der Waals surface area contributed by atoms with Gasteiger partial charge in [0.05, 0.1) is 23.1 Å². The number of hydrogen-bond donors (Lipinski definition) is 3. The lowest BCUT2D eigenvalue weighted by atomic mass is 9.91. The largest absolute Gasteiger partial charge is 0.397 e. The number of benzene rings is 1. The monoisotopic (exact) mass is 286 g/mol. The summed E-state index contributed by atoms with van der Waals surface area (Å²) in [4.78, 5) is 1.37. The van der Waals surface area contributed by atoms with Gasteiger partial charge in [-0.1, -0.05) is 19.9 Å². The van der Waals surface area contributed by atoms with E-state index in [-0.39, 0.29) is 5.41 Å². The molecule has 0 unspecified atom stereocenters. The van der Waals surface area contributed by atoms with Crippen molar-refractivity contribution < 1.29 is 0 Å². The lowest BCUT2D eigenvalue weighted by molar-refractivity contribution is 0.569. The Morgan fingerprint density at radius 2 is 2.25 bits per heavy atom. The number of thiophene rings is 1. The number of nitrogen functional groups attached to an aromatic ring is 1. The third-order valence-corrected chi connectivity index (χ3v) is 4.76. The summed E-state index contributed by atoms with van der Waals surface area (Å²) >= 11 is 1.79. The molecule has 0 bridgehead atoms. The molecular weight excluding hydrogens is 268 g/mol. The van der Waals surface area contributed by atoms with Crippen molar-refractivity contribution in [1.82, 2.24) is 10.2 Å². The van der Waals surface area contributed by atoms with Crippen molar-refractivity contribution in [3.05, 3.63) is 40.7 Å². The summed E-state index contributed by atoms with van der Waals surface area (Å²) in [6.07, 6.45) is 1.78. The smallest absolute Gasteiger partial charge is 0.0672 e. The molecule has 4 nitrogen and oxygen atoms in total. The van der Waals surface area contributed by atoms with Crippen LogP contribution in [-0.2, 0) is 5.41 Å². The molecule has 104 valence electrons. The molecule has 5 heteroatoms. The van der Waals surface area contributed by atoms with E-state index < -0.39 is 0 Å². The van der Waals surface area contributed by atoms with E-state index in [0.717, 1.165) is 28.8 Å². The molecule has 0 aliphatic carbocycles. The first-order valence-electron chi connectivity index (χ1n) is 6.57. The van der Waals surface area contributed by atoms with Gasteiger partial charge in [-0.15, -0.1) is 11.3 Å². The Bertz CT molecular complexity index is 713. The number of aromatic nitrogens is 2. The van der Waals surface area contributed by atoms with E-state index in [0.29, 0.717) is 0 Å². The van der Waals surface area contributed by atoms with Crippen LogP contribution in [0.2, 0.25) is 0 Å². The Morgan fingerprint density at radius 3 is 3.00 bits per heavy atom. The number of hydrogen-bond acceptors (Lipinski definition) is 4. The minimum atomic E-state index is 0.0730. The first kappa shape index (κ1) is 13.0. The van der Waals surface area contributed by atoms with Crippen LogP contribution in [0.1, 0.15) is 18.7 Å². The second-order valence-electron chi connectivity index (χ2n) is 5.61. The molecule has 4 N–H and O–H groups in total. The predicted octanol–water partition coefficient (Wildman–Crippen LogP) is 3.60. The van der Waals surface area contributed by atoms with E-state index in [4.69, 9.17) is 5.73 Å². The molecule has 0 amide bonds. The van der Waals surface area contributed by atoms with Crippen molar-refractivity contribution in [3.63, 3.8) is 0 Å². The SMILES string of the molecule is CC(C)(CNc1cc2[nH]ncc2cc1N)c1cccs1. The fourth-order valence-corrected chi connectivity index (χ4v) is 3.08. The Balaban J connectivity index is 1.81. The van der Waals surface area contributed by atoms with Crippen LogP contribution >= 0.6 is 11.3 Å². The molecular formula is C15H18N4S. The van der Waals surface area contributed by atoms with Crippen LogP contribution in [0.3, 0.4) is 0 Å². The van der Waals surface area contributed by atoms with Gasteiger partial charge >= 0.3 is 0 Å². The maximum Gasteiger partial charge on any atom is 0.0672 e. The number of aromatic amines is 1. The summed E-state index contributed by atoms with van der Waals surface area (Å²) in [5.41, 5.74) is 8.86. The molecule has 0 aliphatic rings.